The second-order valence-electron chi connectivity index (χ2n) is 9.28. The van der Waals surface area contributed by atoms with Crippen LogP contribution in [0.1, 0.15) is 50.3 Å². The van der Waals surface area contributed by atoms with Crippen LogP contribution in [0.4, 0.5) is 0 Å². The summed E-state index contributed by atoms with van der Waals surface area (Å²) < 4.78 is 1.82. The lowest BCUT2D eigenvalue weighted by atomic mass is 9.86. The molecule has 3 aromatic rings. The molecule has 6 nitrogen and oxygen atoms in total. The number of benzene rings is 1. The third kappa shape index (κ3) is 2.89. The molecule has 1 fully saturated rings. The van der Waals surface area contributed by atoms with Gasteiger partial charge in [0.25, 0.3) is 0 Å². The second-order valence-corrected chi connectivity index (χ2v) is 9.28. The van der Waals surface area contributed by atoms with E-state index in [0.717, 1.165) is 18.2 Å². The van der Waals surface area contributed by atoms with Gasteiger partial charge < -0.3 is 20.1 Å². The molecule has 0 amide bonds. The Kier molecular flexibility index (Phi) is 4.28. The highest BCUT2D eigenvalue weighted by Crippen LogP contribution is 2.47. The Morgan fingerprint density at radius 2 is 2.03 bits per heavy atom. The topological polar surface area (TPSA) is 83.2 Å². The number of fused-ring (bicyclic) bond motifs is 2. The van der Waals surface area contributed by atoms with E-state index in [1.54, 1.807) is 6.20 Å². The highest BCUT2D eigenvalue weighted by molar-refractivity contribution is 5.75. The maximum Gasteiger partial charge on any atom is 0.149 e. The van der Waals surface area contributed by atoms with Gasteiger partial charge in [0.15, 0.2) is 0 Å². The minimum absolute atomic E-state index is 0.0633. The fourth-order valence-electron chi connectivity index (χ4n) is 5.56. The normalized spacial score (nSPS) is 30.7. The third-order valence-electron chi connectivity index (χ3n) is 6.97. The van der Waals surface area contributed by atoms with Crippen molar-refractivity contribution in [3.05, 3.63) is 60.2 Å². The summed E-state index contributed by atoms with van der Waals surface area (Å²) >= 11 is 0. The van der Waals surface area contributed by atoms with Crippen molar-refractivity contribution >= 4 is 11.0 Å². The van der Waals surface area contributed by atoms with Crippen molar-refractivity contribution in [2.45, 2.75) is 56.3 Å². The lowest BCUT2D eigenvalue weighted by Gasteiger charge is -2.31. The fourth-order valence-corrected chi connectivity index (χ4v) is 5.56. The number of rotatable bonds is 4. The van der Waals surface area contributed by atoms with Gasteiger partial charge in [0.1, 0.15) is 17.7 Å². The first kappa shape index (κ1) is 18.7. The Balaban J connectivity index is 1.43. The molecule has 2 aliphatic carbocycles. The molecule has 3 N–H and O–H groups in total. The van der Waals surface area contributed by atoms with Crippen LogP contribution in [0.3, 0.4) is 0 Å². The zero-order chi connectivity index (χ0) is 20.2. The molecule has 0 spiro atoms. The van der Waals surface area contributed by atoms with E-state index in [9.17, 15) is 10.2 Å². The standard InChI is InChI=1S/C23H28N4O2/c1-22(2)11-20(18-5-3-4-6-19(18)22)26-17-9-16(13-28)23(29,10-17)27-8-7-15-12-24-14-25-21(15)27/h3-8,12,14,16-17,20,26,28-29H,9-11,13H2,1-2H3/t16-,17+,20-,23-/m0/s1. The summed E-state index contributed by atoms with van der Waals surface area (Å²) in [4.78, 5) is 8.43. The van der Waals surface area contributed by atoms with E-state index in [1.165, 1.54) is 17.5 Å². The summed E-state index contributed by atoms with van der Waals surface area (Å²) in [6.45, 7) is 4.52. The zero-order valence-electron chi connectivity index (χ0n) is 16.9. The van der Waals surface area contributed by atoms with E-state index in [0.29, 0.717) is 12.1 Å². The van der Waals surface area contributed by atoms with E-state index < -0.39 is 5.72 Å². The summed E-state index contributed by atoms with van der Waals surface area (Å²) in [7, 11) is 0. The number of hydrogen-bond acceptors (Lipinski definition) is 5. The Bertz CT molecular complexity index is 1050. The van der Waals surface area contributed by atoms with Crippen molar-refractivity contribution < 1.29 is 10.2 Å². The molecule has 4 atom stereocenters. The first-order chi connectivity index (χ1) is 13.9. The van der Waals surface area contributed by atoms with E-state index in [2.05, 4.69) is 53.4 Å². The van der Waals surface area contributed by atoms with Crippen LogP contribution in [0.5, 0.6) is 0 Å². The SMILES string of the molecule is CC1(C)C[C@H](N[C@@H]2C[C@@H](CO)[C@](O)(n3ccc4cncnc43)C2)c2ccccc21. The first-order valence-electron chi connectivity index (χ1n) is 10.4. The number of hydrogen-bond donors (Lipinski definition) is 3. The monoisotopic (exact) mass is 392 g/mol. The van der Waals surface area contributed by atoms with Gasteiger partial charge in [-0.15, -0.1) is 0 Å². The van der Waals surface area contributed by atoms with Crippen molar-refractivity contribution in [2.24, 2.45) is 5.92 Å². The number of nitrogens with zero attached hydrogens (tertiary/aromatic N) is 3. The zero-order valence-corrected chi connectivity index (χ0v) is 16.9. The fraction of sp³-hybridized carbons (Fsp3) is 0.478. The third-order valence-corrected chi connectivity index (χ3v) is 6.97. The second kappa shape index (κ2) is 6.62. The molecule has 1 saturated carbocycles. The molecule has 0 aliphatic heterocycles. The van der Waals surface area contributed by atoms with Gasteiger partial charge in [0.05, 0.1) is 6.61 Å². The minimum atomic E-state index is -1.17. The van der Waals surface area contributed by atoms with Gasteiger partial charge in [0, 0.05) is 42.2 Å². The highest BCUT2D eigenvalue weighted by atomic mass is 16.3. The Labute approximate surface area is 170 Å². The smallest absolute Gasteiger partial charge is 0.149 e. The van der Waals surface area contributed by atoms with Gasteiger partial charge in [-0.05, 0) is 35.4 Å². The average molecular weight is 393 g/mol. The molecule has 2 aromatic heterocycles. The van der Waals surface area contributed by atoms with Crippen molar-refractivity contribution in [1.82, 2.24) is 19.9 Å². The van der Waals surface area contributed by atoms with Gasteiger partial charge in [0.2, 0.25) is 0 Å². The molecule has 29 heavy (non-hydrogen) atoms. The van der Waals surface area contributed by atoms with Gasteiger partial charge >= 0.3 is 0 Å². The molecule has 0 radical (unpaired) electrons. The predicted molar refractivity (Wildman–Crippen MR) is 111 cm³/mol. The molecular weight excluding hydrogens is 364 g/mol. The van der Waals surface area contributed by atoms with Crippen LogP contribution in [0.15, 0.2) is 49.1 Å². The van der Waals surface area contributed by atoms with Gasteiger partial charge in [-0.1, -0.05) is 38.1 Å². The number of aliphatic hydroxyl groups excluding tert-OH is 1. The van der Waals surface area contributed by atoms with Crippen molar-refractivity contribution in [3.63, 3.8) is 0 Å². The summed E-state index contributed by atoms with van der Waals surface area (Å²) in [5, 5.41) is 26.4. The van der Waals surface area contributed by atoms with Crippen LogP contribution in [0, 0.1) is 5.92 Å². The number of nitrogens with one attached hydrogen (secondary N) is 1. The molecule has 0 bridgehead atoms. The van der Waals surface area contributed by atoms with E-state index in [-0.39, 0.29) is 30.0 Å². The molecule has 2 aliphatic rings. The predicted octanol–water partition coefficient (Wildman–Crippen LogP) is 2.86. The summed E-state index contributed by atoms with van der Waals surface area (Å²) in [5.41, 5.74) is 2.42. The largest absolute Gasteiger partial charge is 0.396 e. The summed E-state index contributed by atoms with van der Waals surface area (Å²) in [5.74, 6) is -0.254. The molecular formula is C23H28N4O2. The van der Waals surface area contributed by atoms with Crippen molar-refractivity contribution in [1.29, 1.82) is 0 Å². The van der Waals surface area contributed by atoms with Gasteiger partial charge in [-0.3, -0.25) is 0 Å². The average Bonchev–Trinajstić information content (AvgIpc) is 3.35. The quantitative estimate of drug-likeness (QED) is 0.636. The van der Waals surface area contributed by atoms with E-state index >= 15 is 0 Å². The molecule has 2 heterocycles. The maximum absolute atomic E-state index is 11.7. The molecule has 0 unspecified atom stereocenters. The van der Waals surface area contributed by atoms with Crippen LogP contribution < -0.4 is 5.32 Å². The Morgan fingerprint density at radius 1 is 1.21 bits per heavy atom. The highest BCUT2D eigenvalue weighted by Gasteiger charge is 2.49. The van der Waals surface area contributed by atoms with Crippen LogP contribution >= 0.6 is 0 Å². The minimum Gasteiger partial charge on any atom is -0.396 e. The van der Waals surface area contributed by atoms with Crippen LogP contribution in [0.25, 0.3) is 11.0 Å². The molecule has 152 valence electrons. The van der Waals surface area contributed by atoms with Gasteiger partial charge in [-0.2, -0.15) is 0 Å². The number of aliphatic hydroxyl groups is 2. The van der Waals surface area contributed by atoms with Crippen LogP contribution in [-0.2, 0) is 11.1 Å². The van der Waals surface area contributed by atoms with Gasteiger partial charge in [-0.25, -0.2) is 9.97 Å². The summed E-state index contributed by atoms with van der Waals surface area (Å²) in [6.07, 6.45) is 7.39. The van der Waals surface area contributed by atoms with Crippen molar-refractivity contribution in [3.8, 4) is 0 Å². The molecule has 5 rings (SSSR count). The van der Waals surface area contributed by atoms with Crippen molar-refractivity contribution in [2.75, 3.05) is 6.61 Å². The van der Waals surface area contributed by atoms with E-state index in [4.69, 9.17) is 0 Å². The molecule has 0 saturated heterocycles. The maximum atomic E-state index is 11.7. The number of aromatic nitrogens is 3. The lowest BCUT2D eigenvalue weighted by molar-refractivity contribution is -0.0848. The summed E-state index contributed by atoms with van der Waals surface area (Å²) in [6, 6.07) is 10.9. The van der Waals surface area contributed by atoms with Crippen LogP contribution in [-0.4, -0.2) is 37.4 Å². The van der Waals surface area contributed by atoms with E-state index in [1.807, 2.05) is 16.8 Å². The first-order valence-corrected chi connectivity index (χ1v) is 10.4. The molecule has 6 heteroatoms. The molecule has 1 aromatic carbocycles. The Hall–Kier alpha value is -2.28. The van der Waals surface area contributed by atoms with Crippen LogP contribution in [0.2, 0.25) is 0 Å². The Morgan fingerprint density at radius 3 is 2.86 bits per heavy atom. The lowest BCUT2D eigenvalue weighted by Crippen LogP contribution is -2.39.